The number of furan rings is 1. The molecule has 0 amide bonds. The Balaban J connectivity index is 1.01. The normalized spacial score (nSPS) is 13.2. The molecule has 1 aliphatic carbocycles. The van der Waals surface area contributed by atoms with Gasteiger partial charge in [0.05, 0.1) is 11.0 Å². The van der Waals surface area contributed by atoms with Crippen LogP contribution in [0.25, 0.3) is 67.2 Å². The Labute approximate surface area is 333 Å². The van der Waals surface area contributed by atoms with Crippen molar-refractivity contribution < 1.29 is 13.9 Å². The van der Waals surface area contributed by atoms with Gasteiger partial charge in [-0.05, 0) is 75.8 Å². The minimum absolute atomic E-state index is 0.469. The number of para-hydroxylation sites is 2. The molecule has 8 aromatic carbocycles. The van der Waals surface area contributed by atoms with Crippen molar-refractivity contribution in [2.75, 3.05) is 0 Å². The third-order valence-corrected chi connectivity index (χ3v) is 11.5. The molecular formula is C52H31N3O3. The smallest absolute Gasteiger partial charge is 0.181 e. The van der Waals surface area contributed by atoms with E-state index in [1.165, 1.54) is 16.7 Å². The Kier molecular flexibility index (Phi) is 7.04. The first-order chi connectivity index (χ1) is 28.7. The molecule has 0 atom stereocenters. The number of hydrogen-bond acceptors (Lipinski definition) is 6. The van der Waals surface area contributed by atoms with Gasteiger partial charge in [-0.15, -0.1) is 0 Å². The fourth-order valence-corrected chi connectivity index (χ4v) is 8.92. The van der Waals surface area contributed by atoms with Gasteiger partial charge in [-0.3, -0.25) is 0 Å². The second-order valence-corrected chi connectivity index (χ2v) is 14.7. The summed E-state index contributed by atoms with van der Waals surface area (Å²) in [6.07, 6.45) is 0. The number of rotatable bonds is 5. The van der Waals surface area contributed by atoms with Crippen molar-refractivity contribution in [2.45, 2.75) is 5.41 Å². The van der Waals surface area contributed by atoms with Crippen molar-refractivity contribution in [3.8, 4) is 68.3 Å². The number of hydrogen-bond donors (Lipinski definition) is 0. The Morgan fingerprint density at radius 3 is 1.78 bits per heavy atom. The van der Waals surface area contributed by atoms with Crippen LogP contribution >= 0.6 is 0 Å². The Morgan fingerprint density at radius 1 is 0.362 bits per heavy atom. The van der Waals surface area contributed by atoms with Crippen molar-refractivity contribution in [3.63, 3.8) is 0 Å². The van der Waals surface area contributed by atoms with E-state index in [2.05, 4.69) is 109 Å². The zero-order valence-electron chi connectivity index (χ0n) is 31.0. The second-order valence-electron chi connectivity index (χ2n) is 14.7. The molecule has 10 aromatic rings. The summed E-state index contributed by atoms with van der Waals surface area (Å²) in [6.45, 7) is 0. The van der Waals surface area contributed by atoms with Gasteiger partial charge in [0.1, 0.15) is 11.2 Å². The average molecular weight is 746 g/mol. The Morgan fingerprint density at radius 2 is 0.983 bits per heavy atom. The molecule has 0 unspecified atom stereocenters. The summed E-state index contributed by atoms with van der Waals surface area (Å²) in [5.74, 6) is 3.93. The first kappa shape index (κ1) is 32.4. The highest BCUT2D eigenvalue weighted by molar-refractivity contribution is 6.05. The lowest BCUT2D eigenvalue weighted by molar-refractivity contribution is 0.360. The van der Waals surface area contributed by atoms with E-state index in [4.69, 9.17) is 28.8 Å². The first-order valence-corrected chi connectivity index (χ1v) is 19.3. The molecule has 1 aliphatic heterocycles. The van der Waals surface area contributed by atoms with Crippen molar-refractivity contribution in [2.24, 2.45) is 0 Å². The molecule has 0 saturated carbocycles. The summed E-state index contributed by atoms with van der Waals surface area (Å²) in [6, 6.07) is 64.5. The number of benzene rings is 8. The van der Waals surface area contributed by atoms with Crippen LogP contribution in [0, 0.1) is 0 Å². The molecule has 0 radical (unpaired) electrons. The van der Waals surface area contributed by atoms with Gasteiger partial charge in [-0.1, -0.05) is 146 Å². The molecular weight excluding hydrogens is 715 g/mol. The molecule has 272 valence electrons. The molecule has 0 bridgehead atoms. The molecule has 0 N–H and O–H groups in total. The van der Waals surface area contributed by atoms with Crippen molar-refractivity contribution in [3.05, 3.63) is 210 Å². The number of aromatic nitrogens is 3. The van der Waals surface area contributed by atoms with E-state index in [0.717, 1.165) is 49.8 Å². The molecule has 0 fully saturated rings. The van der Waals surface area contributed by atoms with Gasteiger partial charge in [0.2, 0.25) is 0 Å². The Bertz CT molecular complexity index is 3190. The first-order valence-electron chi connectivity index (χ1n) is 19.3. The largest absolute Gasteiger partial charge is 0.456 e. The van der Waals surface area contributed by atoms with Crippen molar-refractivity contribution in [1.82, 2.24) is 15.0 Å². The molecule has 0 saturated heterocycles. The maximum absolute atomic E-state index is 6.92. The molecule has 6 nitrogen and oxygen atoms in total. The van der Waals surface area contributed by atoms with Crippen LogP contribution in [0.3, 0.4) is 0 Å². The number of nitrogens with zero attached hydrogens (tertiary/aromatic N) is 3. The predicted molar refractivity (Wildman–Crippen MR) is 227 cm³/mol. The van der Waals surface area contributed by atoms with Crippen LogP contribution < -0.4 is 9.47 Å². The van der Waals surface area contributed by atoms with Gasteiger partial charge in [-0.25, -0.2) is 15.0 Å². The molecule has 2 aliphatic rings. The average Bonchev–Trinajstić information content (AvgIpc) is 3.81. The molecule has 12 rings (SSSR count). The lowest BCUT2D eigenvalue weighted by Gasteiger charge is -2.34. The van der Waals surface area contributed by atoms with Gasteiger partial charge in [0, 0.05) is 21.9 Å². The highest BCUT2D eigenvalue weighted by Crippen LogP contribution is 2.60. The van der Waals surface area contributed by atoms with E-state index < -0.39 is 5.41 Å². The lowest BCUT2D eigenvalue weighted by Crippen LogP contribution is -2.28. The predicted octanol–water partition coefficient (Wildman–Crippen LogP) is 13.0. The van der Waals surface area contributed by atoms with E-state index in [0.29, 0.717) is 46.0 Å². The zero-order valence-corrected chi connectivity index (χ0v) is 31.0. The number of fused-ring (bicyclic) bond motifs is 8. The van der Waals surface area contributed by atoms with Crippen molar-refractivity contribution in [1.29, 1.82) is 0 Å². The van der Waals surface area contributed by atoms with Gasteiger partial charge >= 0.3 is 0 Å². The highest BCUT2D eigenvalue weighted by Gasteiger charge is 2.47. The van der Waals surface area contributed by atoms with Gasteiger partial charge in [0.25, 0.3) is 0 Å². The van der Waals surface area contributed by atoms with Crippen LogP contribution in [-0.4, -0.2) is 15.0 Å². The third-order valence-electron chi connectivity index (χ3n) is 11.5. The second kappa shape index (κ2) is 12.6. The standard InChI is InChI=1S/C52H31N3O3/c1-4-15-32(16-5-1)49-53-50(33-27-28-38-37-22-11-13-25-43(37)56-45(38)29-33)55-51(54-49)39-23-14-26-44-48(39)58-46-30-40-36-21-10-12-24-41(36)52(34-17-6-2-7-18-34,35-19-8-3-9-20-35)42(40)31-47(46)57-44/h1-31H. The topological polar surface area (TPSA) is 70.3 Å². The highest BCUT2D eigenvalue weighted by atomic mass is 16.6. The van der Waals surface area contributed by atoms with E-state index in [9.17, 15) is 0 Å². The van der Waals surface area contributed by atoms with Crippen LogP contribution in [0.1, 0.15) is 22.3 Å². The summed E-state index contributed by atoms with van der Waals surface area (Å²) in [5, 5.41) is 2.11. The van der Waals surface area contributed by atoms with Gasteiger partial charge in [0.15, 0.2) is 40.5 Å². The molecule has 3 heterocycles. The Hall–Kier alpha value is -7.83. The van der Waals surface area contributed by atoms with Crippen LogP contribution in [0.2, 0.25) is 0 Å². The van der Waals surface area contributed by atoms with Crippen LogP contribution in [-0.2, 0) is 5.41 Å². The SMILES string of the molecule is c1ccc(-c2nc(-c3ccc4c(c3)oc3ccccc34)nc(-c3cccc4c3Oc3cc5c(cc3O4)C(c3ccccc3)(c3ccccc3)c3ccccc3-5)n2)cc1. The summed E-state index contributed by atoms with van der Waals surface area (Å²) < 4.78 is 20.0. The van der Waals surface area contributed by atoms with Crippen molar-refractivity contribution >= 4 is 21.9 Å². The maximum Gasteiger partial charge on any atom is 0.181 e. The molecule has 58 heavy (non-hydrogen) atoms. The molecule has 0 spiro atoms. The van der Waals surface area contributed by atoms with E-state index in [-0.39, 0.29) is 0 Å². The summed E-state index contributed by atoms with van der Waals surface area (Å²) >= 11 is 0. The van der Waals surface area contributed by atoms with Crippen LogP contribution in [0.5, 0.6) is 23.0 Å². The maximum atomic E-state index is 6.92. The zero-order chi connectivity index (χ0) is 38.2. The lowest BCUT2D eigenvalue weighted by atomic mass is 9.67. The van der Waals surface area contributed by atoms with Gasteiger partial charge in [-0.2, -0.15) is 0 Å². The monoisotopic (exact) mass is 745 g/mol. The van der Waals surface area contributed by atoms with E-state index >= 15 is 0 Å². The number of ether oxygens (including phenoxy) is 2. The van der Waals surface area contributed by atoms with Crippen LogP contribution in [0.4, 0.5) is 0 Å². The quantitative estimate of drug-likeness (QED) is 0.175. The van der Waals surface area contributed by atoms with Crippen LogP contribution in [0.15, 0.2) is 192 Å². The van der Waals surface area contributed by atoms with Gasteiger partial charge < -0.3 is 13.9 Å². The molecule has 2 aromatic heterocycles. The van der Waals surface area contributed by atoms with E-state index in [1.807, 2.05) is 78.9 Å². The van der Waals surface area contributed by atoms with E-state index in [1.54, 1.807) is 0 Å². The summed E-state index contributed by atoms with van der Waals surface area (Å²) in [5.41, 5.74) is 10.4. The minimum Gasteiger partial charge on any atom is -0.456 e. The third kappa shape index (κ3) is 4.82. The fraction of sp³-hybridized carbons (Fsp3) is 0.0192. The molecule has 6 heteroatoms. The minimum atomic E-state index is -0.560. The fourth-order valence-electron chi connectivity index (χ4n) is 8.92. The summed E-state index contributed by atoms with van der Waals surface area (Å²) in [7, 11) is 0. The summed E-state index contributed by atoms with van der Waals surface area (Å²) in [4.78, 5) is 15.1.